The van der Waals surface area contributed by atoms with E-state index in [9.17, 15) is 37.2 Å². The average molecular weight is 577 g/mol. The molecule has 2 saturated carbocycles. The number of carbonyl (C=O) groups is 6. The summed E-state index contributed by atoms with van der Waals surface area (Å²) in [5, 5.41) is 5.53. The van der Waals surface area contributed by atoms with Gasteiger partial charge in [0.15, 0.2) is 35.0 Å². The van der Waals surface area contributed by atoms with Crippen molar-refractivity contribution in [1.29, 1.82) is 0 Å². The number of amides is 2. The molecule has 2 aromatic carbocycles. The molecule has 2 N–H and O–H groups in total. The van der Waals surface area contributed by atoms with Crippen LogP contribution in [0.1, 0.15) is 92.8 Å². The summed E-state index contributed by atoms with van der Waals surface area (Å²) in [7, 11) is -4.30. The highest BCUT2D eigenvalue weighted by atomic mass is 32.2. The number of fused-ring (bicyclic) bond motifs is 2. The molecule has 11 heteroatoms. The third kappa shape index (κ3) is 4.52. The lowest BCUT2D eigenvalue weighted by atomic mass is 10.0. The summed E-state index contributed by atoms with van der Waals surface area (Å²) in [6.07, 6.45) is 6.92. The molecule has 10 nitrogen and oxygen atoms in total. The fourth-order valence-electron chi connectivity index (χ4n) is 6.40. The van der Waals surface area contributed by atoms with Crippen LogP contribution in [0.15, 0.2) is 46.2 Å². The number of nitrogens with one attached hydrogen (secondary N) is 2. The minimum Gasteiger partial charge on any atom is -0.352 e. The Kier molecular flexibility index (Phi) is 6.72. The van der Waals surface area contributed by atoms with Crippen molar-refractivity contribution < 1.29 is 37.2 Å². The summed E-state index contributed by atoms with van der Waals surface area (Å²) in [5.74, 6) is -7.34. The fourth-order valence-corrected chi connectivity index (χ4v) is 7.71. The average Bonchev–Trinajstić information content (AvgIpc) is 3.74. The number of sulfone groups is 1. The molecule has 4 aliphatic rings. The van der Waals surface area contributed by atoms with Gasteiger partial charge in [-0.3, -0.25) is 28.8 Å². The zero-order chi connectivity index (χ0) is 29.1. The standard InChI is InChI=1S/C30H28N2O8S/c33-25-19-11-9-17(13-21(19)27(35)23(25)29(37)31-15-5-1-2-6-15)41(39,40)18-10-12-20-22(14-18)28(36)24(26(20)34)30(38)32-16-7-3-4-8-16/h9-16,23-24H,1-8H2,(H,31,37)(H,32,38). The molecule has 0 aromatic heterocycles. The minimum absolute atomic E-state index is 0.0219. The molecule has 0 heterocycles. The molecule has 0 bridgehead atoms. The van der Waals surface area contributed by atoms with E-state index in [1.807, 2.05) is 0 Å². The van der Waals surface area contributed by atoms with Crippen molar-refractivity contribution in [3.05, 3.63) is 58.7 Å². The van der Waals surface area contributed by atoms with Crippen molar-refractivity contribution in [1.82, 2.24) is 10.6 Å². The first kappa shape index (κ1) is 27.2. The van der Waals surface area contributed by atoms with E-state index in [-0.39, 0.29) is 44.1 Å². The highest BCUT2D eigenvalue weighted by Gasteiger charge is 2.46. The highest BCUT2D eigenvalue weighted by Crippen LogP contribution is 2.34. The summed E-state index contributed by atoms with van der Waals surface area (Å²) in [4.78, 5) is 76.9. The van der Waals surface area contributed by atoms with Crippen molar-refractivity contribution in [2.75, 3.05) is 0 Å². The first-order valence-corrected chi connectivity index (χ1v) is 15.4. The van der Waals surface area contributed by atoms with Gasteiger partial charge >= 0.3 is 0 Å². The molecular formula is C30H28N2O8S. The van der Waals surface area contributed by atoms with Gasteiger partial charge in [-0.05, 0) is 62.1 Å². The molecule has 0 aliphatic heterocycles. The maximum atomic E-state index is 13.5. The third-order valence-corrected chi connectivity index (χ3v) is 10.4. The van der Waals surface area contributed by atoms with Crippen LogP contribution >= 0.6 is 0 Å². The van der Waals surface area contributed by atoms with Crippen LogP contribution in [0.25, 0.3) is 0 Å². The summed E-state index contributed by atoms with van der Waals surface area (Å²) >= 11 is 0. The van der Waals surface area contributed by atoms with E-state index < -0.39 is 56.6 Å². The zero-order valence-electron chi connectivity index (χ0n) is 22.1. The fraction of sp³-hybridized carbons (Fsp3) is 0.400. The van der Waals surface area contributed by atoms with Gasteiger partial charge in [0.25, 0.3) is 0 Å². The topological polar surface area (TPSA) is 161 Å². The SMILES string of the molecule is O=C(NC1CCCC1)C1C(=O)c2ccc(S(=O)(=O)c3ccc4c(c3)C(=O)C(C(=O)NC3CCCC3)C4=O)cc2C1=O. The van der Waals surface area contributed by atoms with Crippen molar-refractivity contribution in [3.8, 4) is 0 Å². The Morgan fingerprint density at radius 3 is 1.27 bits per heavy atom. The zero-order valence-corrected chi connectivity index (χ0v) is 22.9. The van der Waals surface area contributed by atoms with Crippen LogP contribution in [0.2, 0.25) is 0 Å². The molecule has 2 fully saturated rings. The number of hydrogen-bond donors (Lipinski definition) is 2. The van der Waals surface area contributed by atoms with E-state index in [2.05, 4.69) is 10.6 Å². The van der Waals surface area contributed by atoms with Gasteiger partial charge in [-0.2, -0.15) is 0 Å². The Balaban J connectivity index is 1.25. The smallest absolute Gasteiger partial charge is 0.239 e. The molecular weight excluding hydrogens is 548 g/mol. The van der Waals surface area contributed by atoms with Gasteiger partial charge in [-0.15, -0.1) is 0 Å². The molecule has 4 aliphatic carbocycles. The number of ketones is 4. The summed E-state index contributed by atoms with van der Waals surface area (Å²) in [6.45, 7) is 0. The molecule has 0 radical (unpaired) electrons. The maximum absolute atomic E-state index is 13.5. The quantitative estimate of drug-likeness (QED) is 0.496. The van der Waals surface area contributed by atoms with Crippen LogP contribution in [0.5, 0.6) is 0 Å². The third-order valence-electron chi connectivity index (χ3n) is 8.64. The number of carbonyl (C=O) groups excluding carboxylic acids is 6. The number of benzene rings is 2. The van der Waals surface area contributed by atoms with Crippen LogP contribution in [0.3, 0.4) is 0 Å². The van der Waals surface area contributed by atoms with Gasteiger partial charge in [0.05, 0.1) is 9.79 Å². The van der Waals surface area contributed by atoms with Crippen LogP contribution in [0.4, 0.5) is 0 Å². The number of rotatable bonds is 6. The Labute approximate surface area is 236 Å². The Morgan fingerprint density at radius 1 is 0.561 bits per heavy atom. The van der Waals surface area contributed by atoms with Gasteiger partial charge < -0.3 is 10.6 Å². The van der Waals surface area contributed by atoms with Crippen LogP contribution in [-0.4, -0.2) is 55.4 Å². The second kappa shape index (κ2) is 10.1. The number of hydrogen-bond acceptors (Lipinski definition) is 8. The highest BCUT2D eigenvalue weighted by molar-refractivity contribution is 7.91. The van der Waals surface area contributed by atoms with Crippen molar-refractivity contribution in [2.24, 2.45) is 11.8 Å². The first-order valence-electron chi connectivity index (χ1n) is 13.9. The lowest BCUT2D eigenvalue weighted by molar-refractivity contribution is -0.124. The molecule has 2 amide bonds. The molecule has 212 valence electrons. The van der Waals surface area contributed by atoms with Gasteiger partial charge in [-0.1, -0.05) is 25.7 Å². The second-order valence-electron chi connectivity index (χ2n) is 11.2. The molecule has 6 rings (SSSR count). The lowest BCUT2D eigenvalue weighted by Crippen LogP contribution is -2.41. The van der Waals surface area contributed by atoms with Crippen molar-refractivity contribution in [3.63, 3.8) is 0 Å². The van der Waals surface area contributed by atoms with Crippen LogP contribution < -0.4 is 10.6 Å². The largest absolute Gasteiger partial charge is 0.352 e. The van der Waals surface area contributed by atoms with E-state index >= 15 is 0 Å². The first-order chi connectivity index (χ1) is 19.6. The van der Waals surface area contributed by atoms with E-state index in [1.165, 1.54) is 24.3 Å². The summed E-state index contributed by atoms with van der Waals surface area (Å²) in [6, 6.07) is 6.75. The lowest BCUT2D eigenvalue weighted by Gasteiger charge is -2.14. The van der Waals surface area contributed by atoms with Gasteiger partial charge in [-0.25, -0.2) is 8.42 Å². The van der Waals surface area contributed by atoms with E-state index in [0.717, 1.165) is 63.5 Å². The van der Waals surface area contributed by atoms with Gasteiger partial charge in [0.2, 0.25) is 21.7 Å². The molecule has 2 aromatic rings. The van der Waals surface area contributed by atoms with Gasteiger partial charge in [0, 0.05) is 34.3 Å². The second-order valence-corrected chi connectivity index (χ2v) is 13.2. The maximum Gasteiger partial charge on any atom is 0.239 e. The van der Waals surface area contributed by atoms with Crippen LogP contribution in [-0.2, 0) is 19.4 Å². The minimum atomic E-state index is -4.30. The summed E-state index contributed by atoms with van der Waals surface area (Å²) < 4.78 is 27.1. The monoisotopic (exact) mass is 576 g/mol. The predicted molar refractivity (Wildman–Crippen MR) is 143 cm³/mol. The Morgan fingerprint density at radius 2 is 0.902 bits per heavy atom. The Hall–Kier alpha value is -3.99. The Bertz CT molecular complexity index is 1530. The van der Waals surface area contributed by atoms with Crippen molar-refractivity contribution >= 4 is 44.8 Å². The van der Waals surface area contributed by atoms with Crippen molar-refractivity contribution in [2.45, 2.75) is 73.2 Å². The van der Waals surface area contributed by atoms with Crippen LogP contribution in [0, 0.1) is 11.8 Å². The normalized spacial score (nSPS) is 22.7. The summed E-state index contributed by atoms with van der Waals surface area (Å²) in [5.41, 5.74) is -0.352. The van der Waals surface area contributed by atoms with E-state index in [1.54, 1.807) is 0 Å². The molecule has 0 saturated heterocycles. The molecule has 2 unspecified atom stereocenters. The molecule has 2 atom stereocenters. The molecule has 0 spiro atoms. The van der Waals surface area contributed by atoms with E-state index in [4.69, 9.17) is 0 Å². The van der Waals surface area contributed by atoms with Gasteiger partial charge in [0.1, 0.15) is 0 Å². The predicted octanol–water partition coefficient (Wildman–Crippen LogP) is 2.63. The van der Waals surface area contributed by atoms with E-state index in [0.29, 0.717) is 0 Å². The number of Topliss-reactive ketones (excluding diaryl/α,β-unsaturated/α-hetero) is 4. The molecule has 41 heavy (non-hydrogen) atoms.